The second-order valence-electron chi connectivity index (χ2n) is 6.48. The molecule has 0 saturated heterocycles. The highest BCUT2D eigenvalue weighted by Gasteiger charge is 2.22. The van der Waals surface area contributed by atoms with E-state index in [1.165, 1.54) is 31.3 Å². The minimum Gasteiger partial charge on any atom is -0.486 e. The smallest absolute Gasteiger partial charge is 0.243 e. The molecule has 0 fully saturated rings. The third kappa shape index (κ3) is 5.04. The zero-order valence-electron chi connectivity index (χ0n) is 15.9. The van der Waals surface area contributed by atoms with Crippen molar-refractivity contribution in [3.8, 4) is 17.6 Å². The Balaban J connectivity index is 1.51. The van der Waals surface area contributed by atoms with Gasteiger partial charge in [0.25, 0.3) is 0 Å². The lowest BCUT2D eigenvalue weighted by atomic mass is 10.1. The molecule has 0 aliphatic carbocycles. The summed E-state index contributed by atoms with van der Waals surface area (Å²) in [5.41, 5.74) is 1.34. The standard InChI is InChI=1S/C20H21N3O5S/c1-23(29(25,26)17-5-2-16(13-21)3-6-17)14-20(24)22-9-8-15-4-7-18-19(12-15)28-11-10-27-18/h2-7,12H,8-11,14H2,1H3,(H,22,24). The van der Waals surface area contributed by atoms with Gasteiger partial charge < -0.3 is 14.8 Å². The molecule has 1 amide bonds. The van der Waals surface area contributed by atoms with Crippen LogP contribution in [0.5, 0.6) is 11.5 Å². The second kappa shape index (κ2) is 8.94. The minimum absolute atomic E-state index is 0.0306. The van der Waals surface area contributed by atoms with Crippen LogP contribution >= 0.6 is 0 Å². The number of fused-ring (bicyclic) bond motifs is 1. The van der Waals surface area contributed by atoms with Crippen LogP contribution < -0.4 is 14.8 Å². The fourth-order valence-corrected chi connectivity index (χ4v) is 3.94. The Kier molecular flexibility index (Phi) is 6.36. The van der Waals surface area contributed by atoms with Crippen molar-refractivity contribution in [3.63, 3.8) is 0 Å². The summed E-state index contributed by atoms with van der Waals surface area (Å²) in [6.07, 6.45) is 0.578. The number of carbonyl (C=O) groups is 1. The first-order chi connectivity index (χ1) is 13.9. The van der Waals surface area contributed by atoms with Crippen molar-refractivity contribution in [2.45, 2.75) is 11.3 Å². The van der Waals surface area contributed by atoms with E-state index in [4.69, 9.17) is 14.7 Å². The average molecular weight is 415 g/mol. The van der Waals surface area contributed by atoms with Gasteiger partial charge in [0.2, 0.25) is 15.9 Å². The predicted molar refractivity (Wildman–Crippen MR) is 105 cm³/mol. The molecule has 2 aromatic rings. The molecule has 0 bridgehead atoms. The van der Waals surface area contributed by atoms with Gasteiger partial charge in [-0.3, -0.25) is 4.79 Å². The fraction of sp³-hybridized carbons (Fsp3) is 0.300. The van der Waals surface area contributed by atoms with Crippen molar-refractivity contribution in [1.82, 2.24) is 9.62 Å². The lowest BCUT2D eigenvalue weighted by Gasteiger charge is -2.19. The maximum atomic E-state index is 12.5. The summed E-state index contributed by atoms with van der Waals surface area (Å²) >= 11 is 0. The van der Waals surface area contributed by atoms with Crippen LogP contribution in [0.1, 0.15) is 11.1 Å². The number of rotatable bonds is 7. The largest absolute Gasteiger partial charge is 0.486 e. The maximum absolute atomic E-state index is 12.5. The lowest BCUT2D eigenvalue weighted by Crippen LogP contribution is -2.39. The van der Waals surface area contributed by atoms with Gasteiger partial charge in [0.1, 0.15) is 13.2 Å². The highest BCUT2D eigenvalue weighted by atomic mass is 32.2. The molecule has 0 aromatic heterocycles. The Morgan fingerprint density at radius 2 is 1.83 bits per heavy atom. The first-order valence-corrected chi connectivity index (χ1v) is 10.5. The van der Waals surface area contributed by atoms with Crippen molar-refractivity contribution in [2.75, 3.05) is 33.4 Å². The number of nitrogens with zero attached hydrogens (tertiary/aromatic N) is 2. The predicted octanol–water partition coefficient (Wildman–Crippen LogP) is 1.31. The van der Waals surface area contributed by atoms with Gasteiger partial charge in [0, 0.05) is 13.6 Å². The highest BCUT2D eigenvalue weighted by Crippen LogP contribution is 2.30. The van der Waals surface area contributed by atoms with Crippen LogP contribution in [-0.4, -0.2) is 52.0 Å². The number of nitriles is 1. The van der Waals surface area contributed by atoms with Gasteiger partial charge in [-0.25, -0.2) is 8.42 Å². The van der Waals surface area contributed by atoms with Crippen molar-refractivity contribution in [2.24, 2.45) is 0 Å². The fourth-order valence-electron chi connectivity index (χ4n) is 2.81. The molecule has 29 heavy (non-hydrogen) atoms. The molecular weight excluding hydrogens is 394 g/mol. The van der Waals surface area contributed by atoms with Crippen molar-refractivity contribution >= 4 is 15.9 Å². The second-order valence-corrected chi connectivity index (χ2v) is 8.52. The van der Waals surface area contributed by atoms with Gasteiger partial charge >= 0.3 is 0 Å². The number of carbonyl (C=O) groups excluding carboxylic acids is 1. The number of benzene rings is 2. The number of hydrogen-bond donors (Lipinski definition) is 1. The SMILES string of the molecule is CN(CC(=O)NCCc1ccc2c(c1)OCCO2)S(=O)(=O)c1ccc(C#N)cc1. The van der Waals surface area contributed by atoms with E-state index in [1.807, 2.05) is 24.3 Å². The number of hydrogen-bond acceptors (Lipinski definition) is 6. The molecule has 0 spiro atoms. The van der Waals surface area contributed by atoms with E-state index in [0.717, 1.165) is 9.87 Å². The van der Waals surface area contributed by atoms with Crippen molar-refractivity contribution in [1.29, 1.82) is 5.26 Å². The Hall–Kier alpha value is -3.09. The summed E-state index contributed by atoms with van der Waals surface area (Å²) in [4.78, 5) is 12.2. The zero-order chi connectivity index (χ0) is 20.9. The summed E-state index contributed by atoms with van der Waals surface area (Å²) in [6, 6.07) is 13.1. The first-order valence-electron chi connectivity index (χ1n) is 9.02. The van der Waals surface area contributed by atoms with E-state index < -0.39 is 15.9 Å². The van der Waals surface area contributed by atoms with Gasteiger partial charge in [-0.05, 0) is 48.4 Å². The first kappa shape index (κ1) is 20.6. The summed E-state index contributed by atoms with van der Waals surface area (Å²) < 4.78 is 37.1. The summed E-state index contributed by atoms with van der Waals surface area (Å²) in [5.74, 6) is 0.995. The van der Waals surface area contributed by atoms with Gasteiger partial charge in [0.05, 0.1) is 23.1 Å². The van der Waals surface area contributed by atoms with Crippen LogP contribution in [-0.2, 0) is 21.2 Å². The monoisotopic (exact) mass is 415 g/mol. The normalized spacial score (nSPS) is 13.0. The van der Waals surface area contributed by atoms with Crippen LogP contribution in [0.15, 0.2) is 47.4 Å². The molecule has 1 aliphatic heterocycles. The molecular formula is C20H21N3O5S. The number of amides is 1. The molecule has 9 heteroatoms. The molecule has 3 rings (SSSR count). The average Bonchev–Trinajstić information content (AvgIpc) is 2.73. The summed E-state index contributed by atoms with van der Waals surface area (Å²) in [5, 5.41) is 11.5. The Morgan fingerprint density at radius 3 is 2.52 bits per heavy atom. The van der Waals surface area contributed by atoms with Gasteiger partial charge in [-0.2, -0.15) is 9.57 Å². The molecule has 0 radical (unpaired) electrons. The van der Waals surface area contributed by atoms with E-state index in [1.54, 1.807) is 0 Å². The molecule has 0 atom stereocenters. The lowest BCUT2D eigenvalue weighted by molar-refractivity contribution is -0.121. The number of likely N-dealkylation sites (N-methyl/N-ethyl adjacent to an activating group) is 1. The Morgan fingerprint density at radius 1 is 1.14 bits per heavy atom. The van der Waals surface area contributed by atoms with E-state index in [9.17, 15) is 13.2 Å². The Bertz CT molecular complexity index is 1030. The van der Waals surface area contributed by atoms with Gasteiger partial charge in [0.15, 0.2) is 11.5 Å². The molecule has 0 unspecified atom stereocenters. The van der Waals surface area contributed by atoms with Gasteiger partial charge in [-0.1, -0.05) is 6.07 Å². The Labute approximate surface area is 169 Å². The topological polar surface area (TPSA) is 109 Å². The summed E-state index contributed by atoms with van der Waals surface area (Å²) in [7, 11) is -2.47. The molecule has 1 aliphatic rings. The third-order valence-corrected chi connectivity index (χ3v) is 6.22. The van der Waals surface area contributed by atoms with Crippen LogP contribution in [0.3, 0.4) is 0 Å². The molecule has 8 nitrogen and oxygen atoms in total. The molecule has 152 valence electrons. The summed E-state index contributed by atoms with van der Waals surface area (Å²) in [6.45, 7) is 1.10. The van der Waals surface area contributed by atoms with E-state index >= 15 is 0 Å². The van der Waals surface area contributed by atoms with E-state index in [2.05, 4.69) is 5.32 Å². The highest BCUT2D eigenvalue weighted by molar-refractivity contribution is 7.89. The van der Waals surface area contributed by atoms with Gasteiger partial charge in [-0.15, -0.1) is 0 Å². The van der Waals surface area contributed by atoms with Crippen molar-refractivity contribution in [3.05, 3.63) is 53.6 Å². The van der Waals surface area contributed by atoms with Crippen LogP contribution in [0, 0.1) is 11.3 Å². The van der Waals surface area contributed by atoms with E-state index in [0.29, 0.717) is 43.2 Å². The molecule has 1 heterocycles. The van der Waals surface area contributed by atoms with Crippen LogP contribution in [0.25, 0.3) is 0 Å². The van der Waals surface area contributed by atoms with Crippen LogP contribution in [0.4, 0.5) is 0 Å². The third-order valence-electron chi connectivity index (χ3n) is 4.40. The molecule has 0 saturated carbocycles. The van der Waals surface area contributed by atoms with Crippen molar-refractivity contribution < 1.29 is 22.7 Å². The maximum Gasteiger partial charge on any atom is 0.243 e. The quantitative estimate of drug-likeness (QED) is 0.730. The zero-order valence-corrected chi connectivity index (χ0v) is 16.7. The number of ether oxygens (including phenoxy) is 2. The number of nitrogens with one attached hydrogen (secondary N) is 1. The molecule has 2 aromatic carbocycles. The molecule has 1 N–H and O–H groups in total. The minimum atomic E-state index is -3.81. The van der Waals surface area contributed by atoms with E-state index in [-0.39, 0.29) is 11.4 Å². The number of sulfonamides is 1. The van der Waals surface area contributed by atoms with Crippen LogP contribution in [0.2, 0.25) is 0 Å².